The summed E-state index contributed by atoms with van der Waals surface area (Å²) < 4.78 is 27.7. The zero-order valence-electron chi connectivity index (χ0n) is 11.8. The Balaban J connectivity index is 2.12. The summed E-state index contributed by atoms with van der Waals surface area (Å²) in [6, 6.07) is 15.8. The zero-order valence-corrected chi connectivity index (χ0v) is 12.6. The monoisotopic (exact) mass is 313 g/mol. The molecule has 0 spiro atoms. The molecule has 6 heteroatoms. The third kappa shape index (κ3) is 2.66. The average Bonchev–Trinajstić information content (AvgIpc) is 2.89. The molecule has 1 heterocycles. The third-order valence-corrected chi connectivity index (χ3v) is 4.26. The second kappa shape index (κ2) is 5.40. The Labute approximate surface area is 128 Å². The van der Waals surface area contributed by atoms with E-state index >= 15 is 0 Å². The number of hydrogen-bond acceptors (Lipinski definition) is 4. The van der Waals surface area contributed by atoms with Crippen molar-refractivity contribution in [2.75, 3.05) is 0 Å². The molecule has 112 valence electrons. The molecule has 1 aromatic heterocycles. The normalized spacial score (nSPS) is 11.5. The summed E-state index contributed by atoms with van der Waals surface area (Å²) in [4.78, 5) is -0.0355. The van der Waals surface area contributed by atoms with Gasteiger partial charge in [-0.25, -0.2) is 8.42 Å². The molecule has 0 saturated heterocycles. The summed E-state index contributed by atoms with van der Waals surface area (Å²) in [6.45, 7) is 1.81. The summed E-state index contributed by atoms with van der Waals surface area (Å²) in [7, 11) is -3.95. The topological polar surface area (TPSA) is 84.0 Å². The van der Waals surface area contributed by atoms with Gasteiger partial charge in [0.2, 0.25) is 0 Å². The predicted molar refractivity (Wildman–Crippen MR) is 83.6 cm³/mol. The van der Waals surface area contributed by atoms with E-state index in [0.717, 1.165) is 16.7 Å². The average molecular weight is 313 g/mol. The molecule has 22 heavy (non-hydrogen) atoms. The van der Waals surface area contributed by atoms with E-state index < -0.39 is 10.0 Å². The molecule has 5 nitrogen and oxygen atoms in total. The minimum atomic E-state index is -3.95. The Morgan fingerprint density at radius 1 is 0.955 bits per heavy atom. The number of aryl methyl sites for hydroxylation is 1. The van der Waals surface area contributed by atoms with Gasteiger partial charge in [0.1, 0.15) is 11.5 Å². The van der Waals surface area contributed by atoms with Crippen molar-refractivity contribution in [3.05, 3.63) is 65.5 Å². The Morgan fingerprint density at radius 2 is 1.59 bits per heavy atom. The molecule has 2 aromatic carbocycles. The van der Waals surface area contributed by atoms with Gasteiger partial charge in [-0.3, -0.25) is 0 Å². The molecule has 3 rings (SSSR count). The maximum Gasteiger partial charge on any atom is 0.142 e. The first kappa shape index (κ1) is 14.5. The van der Waals surface area contributed by atoms with Crippen LogP contribution in [0.4, 0.5) is 0 Å². The number of rotatable bonds is 3. The molecule has 0 aliphatic carbocycles. The van der Waals surface area contributed by atoms with Crippen LogP contribution in [-0.4, -0.2) is 13.6 Å². The maximum absolute atomic E-state index is 11.2. The summed E-state index contributed by atoms with van der Waals surface area (Å²) >= 11 is 0. The Kier molecular flexibility index (Phi) is 3.56. The SMILES string of the molecule is Cc1onc(-c2ccccc2)c1-c1ccc(S([NH-])(=O)=O)cc1. The van der Waals surface area contributed by atoms with Crippen LogP contribution >= 0.6 is 0 Å². The van der Waals surface area contributed by atoms with E-state index in [1.54, 1.807) is 12.1 Å². The highest BCUT2D eigenvalue weighted by atomic mass is 32.2. The van der Waals surface area contributed by atoms with Crippen LogP contribution < -0.4 is 0 Å². The van der Waals surface area contributed by atoms with Gasteiger partial charge in [-0.2, -0.15) is 0 Å². The van der Waals surface area contributed by atoms with Crippen LogP contribution in [0.25, 0.3) is 27.5 Å². The van der Waals surface area contributed by atoms with Gasteiger partial charge in [0.15, 0.2) is 0 Å². The van der Waals surface area contributed by atoms with E-state index in [4.69, 9.17) is 9.66 Å². The molecule has 0 aliphatic rings. The zero-order chi connectivity index (χ0) is 15.7. The first-order chi connectivity index (χ1) is 10.5. The molecule has 0 amide bonds. The van der Waals surface area contributed by atoms with Crippen molar-refractivity contribution in [1.82, 2.24) is 5.16 Å². The quantitative estimate of drug-likeness (QED) is 0.730. The number of nitrogens with zero attached hydrogens (tertiary/aromatic N) is 1. The fourth-order valence-electron chi connectivity index (χ4n) is 2.31. The third-order valence-electron chi connectivity index (χ3n) is 3.36. The van der Waals surface area contributed by atoms with Crippen LogP contribution in [0.1, 0.15) is 5.76 Å². The van der Waals surface area contributed by atoms with Gasteiger partial charge in [0.05, 0.1) is 15.6 Å². The van der Waals surface area contributed by atoms with Gasteiger partial charge < -0.3 is 9.66 Å². The Bertz CT molecular complexity index is 898. The van der Waals surface area contributed by atoms with Gasteiger partial charge in [0.25, 0.3) is 0 Å². The van der Waals surface area contributed by atoms with Crippen molar-refractivity contribution in [3.8, 4) is 22.4 Å². The van der Waals surface area contributed by atoms with E-state index in [9.17, 15) is 8.42 Å². The first-order valence-corrected chi connectivity index (χ1v) is 8.07. The molecule has 0 atom stereocenters. The Morgan fingerprint density at radius 3 is 2.18 bits per heavy atom. The van der Waals surface area contributed by atoms with Crippen molar-refractivity contribution >= 4 is 10.0 Å². The van der Waals surface area contributed by atoms with Gasteiger partial charge in [-0.15, -0.1) is 0 Å². The van der Waals surface area contributed by atoms with Crippen molar-refractivity contribution in [1.29, 1.82) is 0 Å². The lowest BCUT2D eigenvalue weighted by molar-refractivity contribution is 0.400. The molecule has 0 saturated carbocycles. The second-order valence-electron chi connectivity index (χ2n) is 4.86. The molecule has 0 fully saturated rings. The number of nitrogens with one attached hydrogen (secondary N) is 1. The van der Waals surface area contributed by atoms with E-state index in [0.29, 0.717) is 11.5 Å². The van der Waals surface area contributed by atoms with Crippen LogP contribution in [0.2, 0.25) is 0 Å². The highest BCUT2D eigenvalue weighted by Crippen LogP contribution is 2.34. The first-order valence-electron chi connectivity index (χ1n) is 6.58. The van der Waals surface area contributed by atoms with E-state index in [1.807, 2.05) is 37.3 Å². The van der Waals surface area contributed by atoms with Gasteiger partial charge >= 0.3 is 0 Å². The van der Waals surface area contributed by atoms with Crippen LogP contribution in [-0.2, 0) is 10.0 Å². The highest BCUT2D eigenvalue weighted by Gasteiger charge is 2.16. The predicted octanol–water partition coefficient (Wildman–Crippen LogP) is 4.06. The molecular formula is C16H13N2O3S-. The second-order valence-corrected chi connectivity index (χ2v) is 6.33. The number of sulfonamides is 1. The smallest absolute Gasteiger partial charge is 0.142 e. The fourth-order valence-corrected chi connectivity index (χ4v) is 2.80. The number of benzene rings is 2. The summed E-state index contributed by atoms with van der Waals surface area (Å²) in [5.74, 6) is 0.653. The molecule has 0 bridgehead atoms. The van der Waals surface area contributed by atoms with E-state index in [-0.39, 0.29) is 4.90 Å². The summed E-state index contributed by atoms with van der Waals surface area (Å²) in [6.07, 6.45) is 0. The van der Waals surface area contributed by atoms with Crippen molar-refractivity contribution in [2.45, 2.75) is 11.8 Å². The molecular weight excluding hydrogens is 300 g/mol. The van der Waals surface area contributed by atoms with Crippen LogP contribution in [0.15, 0.2) is 64.0 Å². The summed E-state index contributed by atoms with van der Waals surface area (Å²) in [5, 5.41) is 11.2. The largest absolute Gasteiger partial charge is 0.560 e. The fraction of sp³-hybridized carbons (Fsp3) is 0.0625. The number of aromatic nitrogens is 1. The maximum atomic E-state index is 11.2. The standard InChI is InChI=1S/C16H13N2O3S/c1-11-15(12-7-9-14(10-8-12)22(17,19)20)16(18-21-11)13-5-3-2-4-6-13/h2-10H,1H3,(H-,17,19,20)/q-1. The van der Waals surface area contributed by atoms with E-state index in [1.165, 1.54) is 12.1 Å². The van der Waals surface area contributed by atoms with Gasteiger partial charge in [-0.1, -0.05) is 47.6 Å². The van der Waals surface area contributed by atoms with Crippen LogP contribution in [0, 0.1) is 6.92 Å². The lowest BCUT2D eigenvalue weighted by atomic mass is 10.00. The van der Waals surface area contributed by atoms with Gasteiger partial charge in [0, 0.05) is 10.5 Å². The minimum absolute atomic E-state index is 0.0355. The van der Waals surface area contributed by atoms with E-state index in [2.05, 4.69) is 5.16 Å². The van der Waals surface area contributed by atoms with Crippen molar-refractivity contribution in [3.63, 3.8) is 0 Å². The van der Waals surface area contributed by atoms with Crippen LogP contribution in [0.3, 0.4) is 0 Å². The molecule has 0 aliphatic heterocycles. The highest BCUT2D eigenvalue weighted by molar-refractivity contribution is 7.93. The Hall–Kier alpha value is -2.44. The van der Waals surface area contributed by atoms with Crippen LogP contribution in [0.5, 0.6) is 0 Å². The van der Waals surface area contributed by atoms with Crippen molar-refractivity contribution < 1.29 is 12.9 Å². The van der Waals surface area contributed by atoms with Gasteiger partial charge in [-0.05, 0) is 24.6 Å². The molecule has 0 radical (unpaired) electrons. The minimum Gasteiger partial charge on any atom is -0.560 e. The molecule has 0 unspecified atom stereocenters. The molecule has 3 aromatic rings. The summed E-state index contributed by atoms with van der Waals surface area (Å²) in [5.41, 5.74) is 3.25. The molecule has 1 N–H and O–H groups in total. The lowest BCUT2D eigenvalue weighted by Crippen LogP contribution is -1.92. The van der Waals surface area contributed by atoms with Crippen molar-refractivity contribution in [2.24, 2.45) is 0 Å². The number of hydrogen-bond donors (Lipinski definition) is 0. The lowest BCUT2D eigenvalue weighted by Gasteiger charge is -2.07.